The fraction of sp³-hybridized carbons (Fsp3) is 0.273. The number of nitrogens with two attached hydrogens (primary N) is 1. The van der Waals surface area contributed by atoms with Crippen LogP contribution in [0.5, 0.6) is 0 Å². The Morgan fingerprint density at radius 2 is 1.83 bits per heavy atom. The molecule has 0 radical (unpaired) electrons. The molecule has 0 fully saturated rings. The average Bonchev–Trinajstić information content (AvgIpc) is 2.72. The molecule has 0 aliphatic carbocycles. The summed E-state index contributed by atoms with van der Waals surface area (Å²) in [5.74, 6) is -0.216. The third-order valence-corrected chi connectivity index (χ3v) is 5.52. The molecule has 0 saturated carbocycles. The number of carbonyl (C=O) groups is 2. The summed E-state index contributed by atoms with van der Waals surface area (Å²) in [5, 5.41) is 3.87. The van der Waals surface area contributed by atoms with Gasteiger partial charge in [0.05, 0.1) is 16.7 Å². The van der Waals surface area contributed by atoms with Crippen molar-refractivity contribution in [2.24, 2.45) is 11.7 Å². The maximum absolute atomic E-state index is 13.0. The zero-order valence-corrected chi connectivity index (χ0v) is 17.7. The molecule has 8 heteroatoms. The van der Waals surface area contributed by atoms with Crippen molar-refractivity contribution in [3.8, 4) is 0 Å². The smallest absolute Gasteiger partial charge is 0.262 e. The van der Waals surface area contributed by atoms with Gasteiger partial charge in [0.1, 0.15) is 0 Å². The number of amides is 2. The Bertz CT molecular complexity index is 1120. The van der Waals surface area contributed by atoms with Crippen LogP contribution in [0.15, 0.2) is 58.5 Å². The maximum Gasteiger partial charge on any atom is 0.262 e. The van der Waals surface area contributed by atoms with E-state index in [1.54, 1.807) is 41.0 Å². The molecule has 0 saturated heterocycles. The van der Waals surface area contributed by atoms with Crippen LogP contribution in [-0.4, -0.2) is 27.1 Å². The fourth-order valence-electron chi connectivity index (χ4n) is 2.89. The minimum atomic E-state index is -0.523. The predicted octanol–water partition coefficient (Wildman–Crippen LogP) is 3.27. The van der Waals surface area contributed by atoms with Crippen molar-refractivity contribution < 1.29 is 9.59 Å². The normalized spacial score (nSPS) is 11.0. The number of anilines is 1. The summed E-state index contributed by atoms with van der Waals surface area (Å²) >= 11 is 1.23. The van der Waals surface area contributed by atoms with Gasteiger partial charge in [0.15, 0.2) is 5.16 Å². The molecule has 156 valence electrons. The van der Waals surface area contributed by atoms with Crippen LogP contribution in [0.1, 0.15) is 30.6 Å². The van der Waals surface area contributed by atoms with Gasteiger partial charge in [-0.1, -0.05) is 37.7 Å². The third kappa shape index (κ3) is 5.27. The molecule has 1 aromatic heterocycles. The van der Waals surface area contributed by atoms with Crippen LogP contribution in [0.25, 0.3) is 10.9 Å². The van der Waals surface area contributed by atoms with E-state index in [0.29, 0.717) is 39.8 Å². The van der Waals surface area contributed by atoms with Crippen molar-refractivity contribution in [1.29, 1.82) is 0 Å². The summed E-state index contributed by atoms with van der Waals surface area (Å²) < 4.78 is 1.65. The van der Waals surface area contributed by atoms with E-state index < -0.39 is 5.91 Å². The largest absolute Gasteiger partial charge is 0.366 e. The number of nitrogens with one attached hydrogen (secondary N) is 1. The van der Waals surface area contributed by atoms with Gasteiger partial charge in [0.2, 0.25) is 11.8 Å². The van der Waals surface area contributed by atoms with E-state index in [4.69, 9.17) is 5.73 Å². The molecule has 0 atom stereocenters. The van der Waals surface area contributed by atoms with Crippen molar-refractivity contribution in [2.75, 3.05) is 11.1 Å². The Kier molecular flexibility index (Phi) is 6.89. The summed E-state index contributed by atoms with van der Waals surface area (Å²) in [6.07, 6.45) is 0.839. The van der Waals surface area contributed by atoms with Gasteiger partial charge in [-0.3, -0.25) is 19.0 Å². The van der Waals surface area contributed by atoms with Crippen LogP contribution in [0, 0.1) is 5.92 Å². The number of nitrogens with zero attached hydrogens (tertiary/aromatic N) is 2. The highest BCUT2D eigenvalue weighted by Crippen LogP contribution is 2.19. The van der Waals surface area contributed by atoms with Gasteiger partial charge in [0.25, 0.3) is 5.56 Å². The first kappa shape index (κ1) is 21.6. The molecule has 0 unspecified atom stereocenters. The number of para-hydroxylation sites is 1. The summed E-state index contributed by atoms with van der Waals surface area (Å²) in [5.41, 5.74) is 6.69. The minimum Gasteiger partial charge on any atom is -0.366 e. The Hall–Kier alpha value is -3.13. The molecular weight excluding hydrogens is 400 g/mol. The number of hydrogen-bond donors (Lipinski definition) is 2. The van der Waals surface area contributed by atoms with E-state index in [9.17, 15) is 14.4 Å². The first-order chi connectivity index (χ1) is 14.3. The molecule has 7 nitrogen and oxygen atoms in total. The molecule has 0 bridgehead atoms. The summed E-state index contributed by atoms with van der Waals surface area (Å²) in [6, 6.07) is 13.6. The van der Waals surface area contributed by atoms with Crippen molar-refractivity contribution in [1.82, 2.24) is 9.55 Å². The monoisotopic (exact) mass is 424 g/mol. The lowest BCUT2D eigenvalue weighted by Gasteiger charge is -2.14. The van der Waals surface area contributed by atoms with E-state index in [0.717, 1.165) is 6.42 Å². The second-order valence-electron chi connectivity index (χ2n) is 7.33. The van der Waals surface area contributed by atoms with Crippen LogP contribution in [0.2, 0.25) is 0 Å². The first-order valence-corrected chi connectivity index (χ1v) is 10.7. The van der Waals surface area contributed by atoms with E-state index in [1.165, 1.54) is 11.8 Å². The van der Waals surface area contributed by atoms with Crippen molar-refractivity contribution >= 4 is 40.2 Å². The maximum atomic E-state index is 13.0. The highest BCUT2D eigenvalue weighted by atomic mass is 32.2. The highest BCUT2D eigenvalue weighted by molar-refractivity contribution is 7.99. The molecule has 1 heterocycles. The molecule has 30 heavy (non-hydrogen) atoms. The number of thioether (sulfide) groups is 1. The quantitative estimate of drug-likeness (QED) is 0.426. The Balaban J connectivity index is 1.76. The van der Waals surface area contributed by atoms with Crippen molar-refractivity contribution in [3.05, 3.63) is 64.4 Å². The lowest BCUT2D eigenvalue weighted by Crippen LogP contribution is -2.25. The second-order valence-corrected chi connectivity index (χ2v) is 8.27. The van der Waals surface area contributed by atoms with Gasteiger partial charge in [-0.2, -0.15) is 0 Å². The topological polar surface area (TPSA) is 107 Å². The molecule has 3 rings (SSSR count). The predicted molar refractivity (Wildman–Crippen MR) is 120 cm³/mol. The first-order valence-electron chi connectivity index (χ1n) is 9.67. The van der Waals surface area contributed by atoms with Gasteiger partial charge < -0.3 is 11.1 Å². The summed E-state index contributed by atoms with van der Waals surface area (Å²) in [4.78, 5) is 41.1. The number of fused-ring (bicyclic) bond motifs is 1. The number of rotatable bonds is 8. The van der Waals surface area contributed by atoms with E-state index in [2.05, 4.69) is 24.1 Å². The SMILES string of the molecule is CC(C)CCn1c(SCC(=O)Nc2ccc(C(N)=O)cc2)nc2ccccc2c1=O. The molecule has 0 spiro atoms. The van der Waals surface area contributed by atoms with Gasteiger partial charge in [-0.15, -0.1) is 0 Å². The van der Waals surface area contributed by atoms with Crippen LogP contribution in [0.3, 0.4) is 0 Å². The second kappa shape index (κ2) is 9.58. The van der Waals surface area contributed by atoms with Crippen molar-refractivity contribution in [3.63, 3.8) is 0 Å². The molecular formula is C22H24N4O3S. The zero-order valence-electron chi connectivity index (χ0n) is 16.9. The Labute approximate surface area is 178 Å². The Morgan fingerprint density at radius 3 is 2.50 bits per heavy atom. The number of carbonyl (C=O) groups excluding carboxylic acids is 2. The van der Waals surface area contributed by atoms with Gasteiger partial charge in [-0.05, 0) is 48.7 Å². The molecule has 0 aliphatic rings. The molecule has 2 amide bonds. The number of hydrogen-bond acceptors (Lipinski definition) is 5. The Morgan fingerprint density at radius 1 is 1.13 bits per heavy atom. The van der Waals surface area contributed by atoms with Crippen LogP contribution in [-0.2, 0) is 11.3 Å². The van der Waals surface area contributed by atoms with Crippen LogP contribution >= 0.6 is 11.8 Å². The summed E-state index contributed by atoms with van der Waals surface area (Å²) in [6.45, 7) is 4.75. The average molecular weight is 425 g/mol. The lowest BCUT2D eigenvalue weighted by molar-refractivity contribution is -0.113. The van der Waals surface area contributed by atoms with Crippen molar-refractivity contribution in [2.45, 2.75) is 32.0 Å². The highest BCUT2D eigenvalue weighted by Gasteiger charge is 2.14. The van der Waals surface area contributed by atoms with Gasteiger partial charge >= 0.3 is 0 Å². The fourth-order valence-corrected chi connectivity index (χ4v) is 3.71. The van der Waals surface area contributed by atoms with Gasteiger partial charge in [0, 0.05) is 17.8 Å². The standard InChI is InChI=1S/C22H24N4O3S/c1-14(2)11-12-26-21(29)17-5-3-4-6-18(17)25-22(26)30-13-19(27)24-16-9-7-15(8-10-16)20(23)28/h3-10,14H,11-13H2,1-2H3,(H2,23,28)(H,24,27). The molecule has 3 aromatic rings. The summed E-state index contributed by atoms with van der Waals surface area (Å²) in [7, 11) is 0. The number of benzene rings is 2. The number of aromatic nitrogens is 2. The molecule has 0 aliphatic heterocycles. The van der Waals surface area contributed by atoms with E-state index in [-0.39, 0.29) is 17.2 Å². The zero-order chi connectivity index (χ0) is 21.7. The lowest BCUT2D eigenvalue weighted by atomic mass is 10.1. The minimum absolute atomic E-state index is 0.0915. The van der Waals surface area contributed by atoms with Gasteiger partial charge in [-0.25, -0.2) is 4.98 Å². The molecule has 3 N–H and O–H groups in total. The van der Waals surface area contributed by atoms with E-state index in [1.807, 2.05) is 12.1 Å². The van der Waals surface area contributed by atoms with Crippen LogP contribution in [0.4, 0.5) is 5.69 Å². The molecule has 2 aromatic carbocycles. The van der Waals surface area contributed by atoms with Crippen LogP contribution < -0.4 is 16.6 Å². The van der Waals surface area contributed by atoms with E-state index >= 15 is 0 Å². The number of primary amides is 1. The third-order valence-electron chi connectivity index (χ3n) is 4.54.